The molecular weight excluding hydrogens is 202 g/mol. The molecule has 0 aliphatic rings. The highest BCUT2D eigenvalue weighted by molar-refractivity contribution is 5.48. The van der Waals surface area contributed by atoms with Crippen LogP contribution in [-0.4, -0.2) is 35.5 Å². The molecule has 0 heterocycles. The van der Waals surface area contributed by atoms with E-state index < -0.39 is 12.2 Å². The zero-order valence-electron chi connectivity index (χ0n) is 10.2. The fraction of sp³-hybridized carbons (Fsp3) is 0.538. The van der Waals surface area contributed by atoms with Crippen LogP contribution in [0.25, 0.3) is 0 Å². The van der Waals surface area contributed by atoms with Crippen molar-refractivity contribution in [3.8, 4) is 0 Å². The molecule has 16 heavy (non-hydrogen) atoms. The Balaban J connectivity index is 2.82. The molecule has 3 heteroatoms. The molecule has 0 amide bonds. The number of benzene rings is 1. The van der Waals surface area contributed by atoms with E-state index in [9.17, 15) is 10.2 Å². The molecule has 2 unspecified atom stereocenters. The lowest BCUT2D eigenvalue weighted by molar-refractivity contribution is 0.178. The first-order chi connectivity index (χ1) is 7.49. The van der Waals surface area contributed by atoms with Crippen LogP contribution in [-0.2, 0) is 0 Å². The number of nitrogens with zero attached hydrogens (tertiary/aromatic N) is 1. The molecule has 1 aromatic rings. The third-order valence-corrected chi connectivity index (χ3v) is 2.34. The second-order valence-corrected chi connectivity index (χ2v) is 4.44. The highest BCUT2D eigenvalue weighted by atomic mass is 16.3. The van der Waals surface area contributed by atoms with Crippen molar-refractivity contribution in [1.82, 2.24) is 0 Å². The first kappa shape index (κ1) is 13.0. The minimum atomic E-state index is -0.403. The largest absolute Gasteiger partial charge is 0.392 e. The van der Waals surface area contributed by atoms with Crippen molar-refractivity contribution in [3.63, 3.8) is 0 Å². The van der Waals surface area contributed by atoms with E-state index >= 15 is 0 Å². The highest BCUT2D eigenvalue weighted by Crippen LogP contribution is 2.16. The SMILES string of the molecule is Cc1cccc(N(CC(C)O)CC(C)O)c1. The van der Waals surface area contributed by atoms with Gasteiger partial charge in [0, 0.05) is 18.8 Å². The Morgan fingerprint density at radius 3 is 2.12 bits per heavy atom. The molecule has 2 N–H and O–H groups in total. The van der Waals surface area contributed by atoms with E-state index in [0.29, 0.717) is 13.1 Å². The molecule has 0 bridgehead atoms. The average Bonchev–Trinajstić information content (AvgIpc) is 2.15. The minimum absolute atomic E-state index is 0.403. The van der Waals surface area contributed by atoms with Crippen LogP contribution in [0.4, 0.5) is 5.69 Å². The summed E-state index contributed by atoms with van der Waals surface area (Å²) in [5.74, 6) is 0. The standard InChI is InChI=1S/C13H21NO2/c1-10-5-4-6-13(7-10)14(8-11(2)15)9-12(3)16/h4-7,11-12,15-16H,8-9H2,1-3H3. The Morgan fingerprint density at radius 1 is 1.12 bits per heavy atom. The van der Waals surface area contributed by atoms with Gasteiger partial charge in [-0.3, -0.25) is 0 Å². The van der Waals surface area contributed by atoms with Gasteiger partial charge in [0.15, 0.2) is 0 Å². The van der Waals surface area contributed by atoms with Crippen molar-refractivity contribution >= 4 is 5.69 Å². The molecular formula is C13H21NO2. The Kier molecular flexibility index (Phi) is 4.77. The lowest BCUT2D eigenvalue weighted by atomic mass is 10.2. The number of aliphatic hydroxyl groups excluding tert-OH is 2. The third-order valence-electron chi connectivity index (χ3n) is 2.34. The summed E-state index contributed by atoms with van der Waals surface area (Å²) in [4.78, 5) is 2.00. The summed E-state index contributed by atoms with van der Waals surface area (Å²) in [7, 11) is 0. The van der Waals surface area contributed by atoms with E-state index in [4.69, 9.17) is 0 Å². The Hall–Kier alpha value is -1.06. The van der Waals surface area contributed by atoms with Gasteiger partial charge in [0.25, 0.3) is 0 Å². The van der Waals surface area contributed by atoms with Gasteiger partial charge in [0.2, 0.25) is 0 Å². The van der Waals surface area contributed by atoms with Gasteiger partial charge in [-0.2, -0.15) is 0 Å². The molecule has 0 saturated carbocycles. The van der Waals surface area contributed by atoms with Crippen LogP contribution in [0.15, 0.2) is 24.3 Å². The number of hydrogen-bond acceptors (Lipinski definition) is 3. The van der Waals surface area contributed by atoms with Gasteiger partial charge in [0.1, 0.15) is 0 Å². The molecule has 0 spiro atoms. The third kappa shape index (κ3) is 4.21. The average molecular weight is 223 g/mol. The van der Waals surface area contributed by atoms with Gasteiger partial charge in [0.05, 0.1) is 12.2 Å². The second kappa shape index (κ2) is 5.87. The quantitative estimate of drug-likeness (QED) is 0.796. The summed E-state index contributed by atoms with van der Waals surface area (Å²) in [6.45, 7) is 6.62. The van der Waals surface area contributed by atoms with Crippen LogP contribution >= 0.6 is 0 Å². The molecule has 3 nitrogen and oxygen atoms in total. The lowest BCUT2D eigenvalue weighted by Gasteiger charge is -2.27. The summed E-state index contributed by atoms with van der Waals surface area (Å²) in [5, 5.41) is 18.9. The summed E-state index contributed by atoms with van der Waals surface area (Å²) < 4.78 is 0. The molecule has 0 aliphatic heterocycles. The van der Waals surface area contributed by atoms with Crippen LogP contribution in [0.2, 0.25) is 0 Å². The van der Waals surface area contributed by atoms with E-state index in [1.807, 2.05) is 30.0 Å². The Bertz CT molecular complexity index is 313. The predicted octanol–water partition coefficient (Wildman–Crippen LogP) is 1.56. The smallest absolute Gasteiger partial charge is 0.0687 e. The van der Waals surface area contributed by atoms with Crippen LogP contribution < -0.4 is 4.90 Å². The fourth-order valence-corrected chi connectivity index (χ4v) is 1.75. The van der Waals surface area contributed by atoms with Gasteiger partial charge in [-0.15, -0.1) is 0 Å². The van der Waals surface area contributed by atoms with E-state index in [2.05, 4.69) is 6.07 Å². The molecule has 0 aliphatic carbocycles. The molecule has 1 rings (SSSR count). The van der Waals surface area contributed by atoms with Gasteiger partial charge < -0.3 is 15.1 Å². The number of rotatable bonds is 5. The summed E-state index contributed by atoms with van der Waals surface area (Å²) in [5.41, 5.74) is 2.22. The first-order valence-electron chi connectivity index (χ1n) is 5.67. The van der Waals surface area contributed by atoms with Crippen molar-refractivity contribution in [2.45, 2.75) is 33.0 Å². The Labute approximate surface area is 97.3 Å². The van der Waals surface area contributed by atoms with Crippen molar-refractivity contribution in [1.29, 1.82) is 0 Å². The number of aliphatic hydroxyl groups is 2. The first-order valence-corrected chi connectivity index (χ1v) is 5.67. The maximum absolute atomic E-state index is 9.44. The van der Waals surface area contributed by atoms with Crippen LogP contribution in [0.3, 0.4) is 0 Å². The van der Waals surface area contributed by atoms with Gasteiger partial charge in [-0.1, -0.05) is 12.1 Å². The molecule has 0 radical (unpaired) electrons. The Morgan fingerprint density at radius 2 is 1.69 bits per heavy atom. The number of anilines is 1. The van der Waals surface area contributed by atoms with Gasteiger partial charge in [-0.25, -0.2) is 0 Å². The maximum atomic E-state index is 9.44. The van der Waals surface area contributed by atoms with E-state index in [-0.39, 0.29) is 0 Å². The van der Waals surface area contributed by atoms with Crippen molar-refractivity contribution in [2.75, 3.05) is 18.0 Å². The van der Waals surface area contributed by atoms with Crippen LogP contribution in [0, 0.1) is 6.92 Å². The van der Waals surface area contributed by atoms with Crippen molar-refractivity contribution < 1.29 is 10.2 Å². The fourth-order valence-electron chi connectivity index (χ4n) is 1.75. The van der Waals surface area contributed by atoms with Crippen LogP contribution in [0.5, 0.6) is 0 Å². The topological polar surface area (TPSA) is 43.7 Å². The zero-order chi connectivity index (χ0) is 12.1. The molecule has 2 atom stereocenters. The van der Waals surface area contributed by atoms with Crippen molar-refractivity contribution in [2.24, 2.45) is 0 Å². The molecule has 0 fully saturated rings. The second-order valence-electron chi connectivity index (χ2n) is 4.44. The summed E-state index contributed by atoms with van der Waals surface area (Å²) in [6, 6.07) is 8.08. The highest BCUT2D eigenvalue weighted by Gasteiger charge is 2.11. The minimum Gasteiger partial charge on any atom is -0.392 e. The molecule has 0 saturated heterocycles. The maximum Gasteiger partial charge on any atom is 0.0687 e. The number of hydrogen-bond donors (Lipinski definition) is 2. The lowest BCUT2D eigenvalue weighted by Crippen LogP contribution is -2.36. The van der Waals surface area contributed by atoms with Crippen molar-refractivity contribution in [3.05, 3.63) is 29.8 Å². The molecule has 1 aromatic carbocycles. The predicted molar refractivity (Wildman–Crippen MR) is 66.8 cm³/mol. The summed E-state index contributed by atoms with van der Waals surface area (Å²) >= 11 is 0. The van der Waals surface area contributed by atoms with E-state index in [1.165, 1.54) is 5.56 Å². The normalized spacial score (nSPS) is 14.6. The summed E-state index contributed by atoms with van der Waals surface area (Å²) in [6.07, 6.45) is -0.807. The van der Waals surface area contributed by atoms with Crippen LogP contribution in [0.1, 0.15) is 19.4 Å². The molecule has 90 valence electrons. The van der Waals surface area contributed by atoms with E-state index in [1.54, 1.807) is 13.8 Å². The van der Waals surface area contributed by atoms with Gasteiger partial charge in [-0.05, 0) is 38.5 Å². The zero-order valence-corrected chi connectivity index (χ0v) is 10.2. The number of aryl methyl sites for hydroxylation is 1. The monoisotopic (exact) mass is 223 g/mol. The molecule has 0 aromatic heterocycles. The van der Waals surface area contributed by atoms with Gasteiger partial charge >= 0.3 is 0 Å². The van der Waals surface area contributed by atoms with E-state index in [0.717, 1.165) is 5.69 Å².